The predicted octanol–water partition coefficient (Wildman–Crippen LogP) is 1.58. The maximum atomic E-state index is 8.33. The van der Waals surface area contributed by atoms with Crippen LogP contribution in [0, 0.1) is 12.3 Å². The number of nitrogens with zero attached hydrogens (tertiary/aromatic N) is 2. The van der Waals surface area contributed by atoms with Gasteiger partial charge in [0, 0.05) is 26.2 Å². The summed E-state index contributed by atoms with van der Waals surface area (Å²) in [5.74, 6) is 1.36. The maximum absolute atomic E-state index is 8.33. The highest BCUT2D eigenvalue weighted by atomic mass is 16.5. The second-order valence-corrected chi connectivity index (χ2v) is 4.84. The Morgan fingerprint density at radius 2 is 1.89 bits per heavy atom. The number of likely N-dealkylation sites (N-methyl/N-ethyl adjacent to an activating group) is 1. The number of aryl methyl sites for hydroxylation is 1. The number of amidine groups is 1. The zero-order valence-electron chi connectivity index (χ0n) is 11.4. The minimum absolute atomic E-state index is 0.569. The van der Waals surface area contributed by atoms with Crippen LogP contribution in [0.3, 0.4) is 0 Å². The van der Waals surface area contributed by atoms with Crippen molar-refractivity contribution >= 4 is 5.84 Å². The smallest absolute Gasteiger partial charge is 0.131 e. The zero-order valence-corrected chi connectivity index (χ0v) is 11.4. The third-order valence-corrected chi connectivity index (χ3v) is 3.43. The third-order valence-electron chi connectivity index (χ3n) is 3.43. The molecule has 1 heterocycles. The van der Waals surface area contributed by atoms with Crippen LogP contribution in [0.1, 0.15) is 11.1 Å². The highest BCUT2D eigenvalue weighted by Gasteiger charge is 2.19. The summed E-state index contributed by atoms with van der Waals surface area (Å²) in [7, 11) is 3.78. The van der Waals surface area contributed by atoms with Crippen LogP contribution in [0.2, 0.25) is 0 Å². The van der Waals surface area contributed by atoms with Crippen LogP contribution in [0.5, 0.6) is 5.75 Å². The highest BCUT2D eigenvalue weighted by molar-refractivity contribution is 5.99. The summed E-state index contributed by atoms with van der Waals surface area (Å²) >= 11 is 0. The lowest BCUT2D eigenvalue weighted by Crippen LogP contribution is -2.47. The Hall–Kier alpha value is -1.55. The van der Waals surface area contributed by atoms with E-state index in [0.29, 0.717) is 5.84 Å². The molecule has 1 fully saturated rings. The van der Waals surface area contributed by atoms with Crippen molar-refractivity contribution in [3.05, 3.63) is 29.3 Å². The Labute approximate surface area is 109 Å². The van der Waals surface area contributed by atoms with E-state index in [1.807, 2.05) is 25.1 Å². The lowest BCUT2D eigenvalue weighted by molar-refractivity contribution is 0.215. The average molecular weight is 247 g/mol. The Balaban J connectivity index is 2.18. The molecule has 4 heteroatoms. The molecule has 2 rings (SSSR count). The monoisotopic (exact) mass is 247 g/mol. The van der Waals surface area contributed by atoms with E-state index in [-0.39, 0.29) is 0 Å². The summed E-state index contributed by atoms with van der Waals surface area (Å²) in [4.78, 5) is 4.41. The molecule has 0 amide bonds. The van der Waals surface area contributed by atoms with Gasteiger partial charge in [0.2, 0.25) is 0 Å². The molecule has 0 radical (unpaired) electrons. The van der Waals surface area contributed by atoms with E-state index >= 15 is 0 Å². The topological polar surface area (TPSA) is 39.6 Å². The number of benzene rings is 1. The summed E-state index contributed by atoms with van der Waals surface area (Å²) in [6, 6.07) is 6.00. The van der Waals surface area contributed by atoms with Crippen LogP contribution < -0.4 is 4.74 Å². The van der Waals surface area contributed by atoms with Gasteiger partial charge in [-0.1, -0.05) is 6.07 Å². The molecule has 0 spiro atoms. The number of methoxy groups -OCH3 is 1. The molecule has 98 valence electrons. The van der Waals surface area contributed by atoms with Crippen LogP contribution in [-0.2, 0) is 0 Å². The second-order valence-electron chi connectivity index (χ2n) is 4.84. The van der Waals surface area contributed by atoms with Gasteiger partial charge < -0.3 is 14.5 Å². The molecule has 1 aliphatic heterocycles. The summed E-state index contributed by atoms with van der Waals surface area (Å²) < 4.78 is 5.38. The fourth-order valence-corrected chi connectivity index (χ4v) is 2.19. The van der Waals surface area contributed by atoms with E-state index in [4.69, 9.17) is 10.1 Å². The van der Waals surface area contributed by atoms with Crippen molar-refractivity contribution in [1.82, 2.24) is 9.80 Å². The van der Waals surface area contributed by atoms with Gasteiger partial charge in [-0.25, -0.2) is 0 Å². The molecule has 18 heavy (non-hydrogen) atoms. The van der Waals surface area contributed by atoms with E-state index in [0.717, 1.165) is 43.1 Å². The SMILES string of the molecule is COc1cc(C)ccc1C(=N)N1CCN(C)CC1. The molecule has 1 aliphatic rings. The van der Waals surface area contributed by atoms with Crippen molar-refractivity contribution < 1.29 is 4.74 Å². The summed E-state index contributed by atoms with van der Waals surface area (Å²) in [6.45, 7) is 5.87. The van der Waals surface area contributed by atoms with Gasteiger partial charge in [-0.15, -0.1) is 0 Å². The molecular formula is C14H21N3O. The van der Waals surface area contributed by atoms with Gasteiger partial charge in [0.1, 0.15) is 11.6 Å². The fourth-order valence-electron chi connectivity index (χ4n) is 2.19. The quantitative estimate of drug-likeness (QED) is 0.637. The Bertz CT molecular complexity index is 437. The minimum Gasteiger partial charge on any atom is -0.496 e. The number of ether oxygens (including phenoxy) is 1. The molecular weight excluding hydrogens is 226 g/mol. The van der Waals surface area contributed by atoms with Crippen LogP contribution in [-0.4, -0.2) is 56.0 Å². The Morgan fingerprint density at radius 1 is 1.22 bits per heavy atom. The number of rotatable bonds is 2. The van der Waals surface area contributed by atoms with E-state index < -0.39 is 0 Å². The maximum Gasteiger partial charge on any atom is 0.131 e. The molecule has 0 bridgehead atoms. The van der Waals surface area contributed by atoms with Crippen molar-refractivity contribution in [2.45, 2.75) is 6.92 Å². The lowest BCUT2D eigenvalue weighted by Gasteiger charge is -2.34. The number of hydrogen-bond acceptors (Lipinski definition) is 3. The minimum atomic E-state index is 0.569. The Kier molecular flexibility index (Phi) is 3.87. The van der Waals surface area contributed by atoms with Crippen LogP contribution in [0.25, 0.3) is 0 Å². The predicted molar refractivity (Wildman–Crippen MR) is 73.6 cm³/mol. The molecule has 4 nitrogen and oxygen atoms in total. The van der Waals surface area contributed by atoms with Gasteiger partial charge >= 0.3 is 0 Å². The first-order chi connectivity index (χ1) is 8.61. The van der Waals surface area contributed by atoms with Crippen LogP contribution >= 0.6 is 0 Å². The summed E-state index contributed by atoms with van der Waals surface area (Å²) in [6.07, 6.45) is 0. The molecule has 1 aromatic carbocycles. The summed E-state index contributed by atoms with van der Waals surface area (Å²) in [5.41, 5.74) is 2.04. The summed E-state index contributed by atoms with van der Waals surface area (Å²) in [5, 5.41) is 8.33. The van der Waals surface area contributed by atoms with Gasteiger partial charge in [0.25, 0.3) is 0 Å². The average Bonchev–Trinajstić information content (AvgIpc) is 2.38. The van der Waals surface area contributed by atoms with Crippen LogP contribution in [0.15, 0.2) is 18.2 Å². The standard InChI is InChI=1S/C14H21N3O/c1-11-4-5-12(13(10-11)18-3)14(15)17-8-6-16(2)7-9-17/h4-5,10,15H,6-9H2,1-3H3. The van der Waals surface area contributed by atoms with Crippen molar-refractivity contribution in [3.8, 4) is 5.75 Å². The third kappa shape index (κ3) is 2.64. The molecule has 0 aromatic heterocycles. The first-order valence-electron chi connectivity index (χ1n) is 6.29. The van der Waals surface area contributed by atoms with Crippen molar-refractivity contribution in [1.29, 1.82) is 5.41 Å². The molecule has 1 aromatic rings. The van der Waals surface area contributed by atoms with Crippen molar-refractivity contribution in [3.63, 3.8) is 0 Å². The van der Waals surface area contributed by atoms with E-state index in [1.165, 1.54) is 0 Å². The van der Waals surface area contributed by atoms with E-state index in [1.54, 1.807) is 7.11 Å². The molecule has 0 saturated carbocycles. The van der Waals surface area contributed by atoms with Gasteiger partial charge in [0.15, 0.2) is 0 Å². The first-order valence-corrected chi connectivity index (χ1v) is 6.29. The molecule has 0 unspecified atom stereocenters. The van der Waals surface area contributed by atoms with Crippen molar-refractivity contribution in [2.75, 3.05) is 40.3 Å². The van der Waals surface area contributed by atoms with E-state index in [2.05, 4.69) is 16.8 Å². The fraction of sp³-hybridized carbons (Fsp3) is 0.500. The largest absolute Gasteiger partial charge is 0.496 e. The van der Waals surface area contributed by atoms with Gasteiger partial charge in [-0.2, -0.15) is 0 Å². The van der Waals surface area contributed by atoms with Gasteiger partial charge in [0.05, 0.1) is 12.7 Å². The molecule has 1 N–H and O–H groups in total. The highest BCUT2D eigenvalue weighted by Crippen LogP contribution is 2.22. The van der Waals surface area contributed by atoms with Gasteiger partial charge in [-0.3, -0.25) is 5.41 Å². The van der Waals surface area contributed by atoms with Crippen LogP contribution in [0.4, 0.5) is 0 Å². The molecule has 1 saturated heterocycles. The second kappa shape index (κ2) is 5.40. The molecule has 0 atom stereocenters. The lowest BCUT2D eigenvalue weighted by atomic mass is 10.1. The molecule has 0 aliphatic carbocycles. The number of nitrogens with one attached hydrogen (secondary N) is 1. The van der Waals surface area contributed by atoms with E-state index in [9.17, 15) is 0 Å². The number of hydrogen-bond donors (Lipinski definition) is 1. The number of piperazine rings is 1. The van der Waals surface area contributed by atoms with Crippen molar-refractivity contribution in [2.24, 2.45) is 0 Å². The first kappa shape index (κ1) is 12.9. The zero-order chi connectivity index (χ0) is 13.1. The van der Waals surface area contributed by atoms with Gasteiger partial charge in [-0.05, 0) is 31.7 Å². The normalized spacial score (nSPS) is 16.7. The Morgan fingerprint density at radius 3 is 2.50 bits per heavy atom.